The van der Waals surface area contributed by atoms with Crippen molar-refractivity contribution in [2.75, 3.05) is 39.8 Å². The monoisotopic (exact) mass is 483 g/mol. The molecule has 34 heavy (non-hydrogen) atoms. The van der Waals surface area contributed by atoms with E-state index in [2.05, 4.69) is 56.2 Å². The van der Waals surface area contributed by atoms with E-state index in [1.54, 1.807) is 18.4 Å². The minimum atomic E-state index is -0.0327. The first kappa shape index (κ1) is 24.7. The number of nitrogens with zero attached hydrogens (tertiary/aromatic N) is 3. The molecule has 1 saturated heterocycles. The van der Waals surface area contributed by atoms with E-state index in [0.717, 1.165) is 18.7 Å². The van der Waals surface area contributed by atoms with E-state index in [1.165, 1.54) is 16.0 Å². The molecule has 7 heteroatoms. The maximum atomic E-state index is 13.4. The van der Waals surface area contributed by atoms with Gasteiger partial charge >= 0.3 is 0 Å². The predicted octanol–water partition coefficient (Wildman–Crippen LogP) is 4.20. The molecular weight excluding hydrogens is 446 g/mol. The van der Waals surface area contributed by atoms with Crippen LogP contribution < -0.4 is 4.74 Å². The van der Waals surface area contributed by atoms with Crippen molar-refractivity contribution in [3.63, 3.8) is 0 Å². The zero-order valence-electron chi connectivity index (χ0n) is 21.0. The number of fused-ring (bicyclic) bond motifs is 1. The Balaban J connectivity index is 1.45. The third-order valence-corrected chi connectivity index (χ3v) is 7.81. The Labute approximate surface area is 207 Å². The number of methoxy groups -OCH3 is 1. The Morgan fingerprint density at radius 1 is 1.06 bits per heavy atom. The fourth-order valence-corrected chi connectivity index (χ4v) is 6.00. The van der Waals surface area contributed by atoms with Crippen molar-refractivity contribution in [1.29, 1.82) is 0 Å². The van der Waals surface area contributed by atoms with E-state index in [1.807, 2.05) is 21.9 Å². The lowest BCUT2D eigenvalue weighted by Gasteiger charge is -2.42. The van der Waals surface area contributed by atoms with Crippen LogP contribution in [0, 0.1) is 5.41 Å². The van der Waals surface area contributed by atoms with Crippen LogP contribution in [0.4, 0.5) is 0 Å². The molecule has 0 radical (unpaired) electrons. The highest BCUT2D eigenvalue weighted by Gasteiger charge is 2.35. The van der Waals surface area contributed by atoms with E-state index in [4.69, 9.17) is 4.74 Å². The average molecular weight is 484 g/mol. The minimum Gasteiger partial charge on any atom is -0.497 e. The van der Waals surface area contributed by atoms with E-state index >= 15 is 0 Å². The number of thiophene rings is 1. The van der Waals surface area contributed by atoms with E-state index < -0.39 is 0 Å². The van der Waals surface area contributed by atoms with Crippen molar-refractivity contribution < 1.29 is 14.3 Å². The molecule has 0 saturated carbocycles. The van der Waals surface area contributed by atoms with Crippen molar-refractivity contribution in [1.82, 2.24) is 14.7 Å². The third kappa shape index (κ3) is 5.47. The topological polar surface area (TPSA) is 53.1 Å². The lowest BCUT2D eigenvalue weighted by atomic mass is 9.91. The standard InChI is InChI=1S/C27H37N3O3S/c1-19-17-28(13-14-30(19)24(31)16-27(2,3)4)25(32)18-29-12-10-23-22(11-15-34-23)26(29)20-6-8-21(33-5)9-7-20/h6-9,11,15,19,26H,10,12-14,16-18H2,1-5H3. The number of amides is 2. The zero-order valence-corrected chi connectivity index (χ0v) is 21.9. The molecule has 0 spiro atoms. The Bertz CT molecular complexity index is 1010. The van der Waals surface area contributed by atoms with Crippen LogP contribution in [-0.2, 0) is 16.0 Å². The largest absolute Gasteiger partial charge is 0.497 e. The average Bonchev–Trinajstić information content (AvgIpc) is 3.26. The number of ether oxygens (including phenoxy) is 1. The summed E-state index contributed by atoms with van der Waals surface area (Å²) in [6.45, 7) is 11.4. The van der Waals surface area contributed by atoms with Gasteiger partial charge in [-0.3, -0.25) is 14.5 Å². The molecule has 1 fully saturated rings. The second-order valence-corrected chi connectivity index (χ2v) is 11.7. The maximum absolute atomic E-state index is 13.4. The number of piperazine rings is 1. The van der Waals surface area contributed by atoms with Crippen LogP contribution in [0.1, 0.15) is 56.2 Å². The van der Waals surface area contributed by atoms with Crippen LogP contribution in [0.5, 0.6) is 5.75 Å². The molecule has 0 bridgehead atoms. The number of hydrogen-bond acceptors (Lipinski definition) is 5. The molecule has 4 rings (SSSR count). The van der Waals surface area contributed by atoms with Gasteiger partial charge in [0.2, 0.25) is 11.8 Å². The van der Waals surface area contributed by atoms with Crippen LogP contribution in [0.25, 0.3) is 0 Å². The highest BCUT2D eigenvalue weighted by Crippen LogP contribution is 2.38. The molecule has 2 aliphatic heterocycles. The molecule has 1 aromatic carbocycles. The SMILES string of the molecule is COc1ccc(C2c3ccsc3CCN2CC(=O)N2CCN(C(=O)CC(C)(C)C)C(C)C2)cc1. The summed E-state index contributed by atoms with van der Waals surface area (Å²) in [5, 5.41) is 2.15. The van der Waals surface area contributed by atoms with Gasteiger partial charge in [-0.1, -0.05) is 32.9 Å². The number of rotatable bonds is 5. The second kappa shape index (κ2) is 10.1. The zero-order chi connectivity index (χ0) is 24.5. The summed E-state index contributed by atoms with van der Waals surface area (Å²) in [5.74, 6) is 1.17. The van der Waals surface area contributed by atoms with Gasteiger partial charge in [0.05, 0.1) is 19.7 Å². The first-order chi connectivity index (χ1) is 16.2. The number of benzene rings is 1. The second-order valence-electron chi connectivity index (χ2n) is 10.7. The molecule has 2 amide bonds. The van der Waals surface area contributed by atoms with Gasteiger partial charge < -0.3 is 14.5 Å². The Kier molecular flexibility index (Phi) is 7.33. The highest BCUT2D eigenvalue weighted by molar-refractivity contribution is 7.10. The van der Waals surface area contributed by atoms with Gasteiger partial charge in [0, 0.05) is 43.5 Å². The van der Waals surface area contributed by atoms with Gasteiger partial charge in [0.15, 0.2) is 0 Å². The van der Waals surface area contributed by atoms with Gasteiger partial charge in [0.1, 0.15) is 5.75 Å². The van der Waals surface area contributed by atoms with E-state index in [-0.39, 0.29) is 29.3 Å². The number of hydrogen-bond donors (Lipinski definition) is 0. The fourth-order valence-electron chi connectivity index (χ4n) is 5.10. The van der Waals surface area contributed by atoms with Gasteiger partial charge in [-0.25, -0.2) is 0 Å². The highest BCUT2D eigenvalue weighted by atomic mass is 32.1. The smallest absolute Gasteiger partial charge is 0.236 e. The molecule has 2 atom stereocenters. The number of carbonyl (C=O) groups excluding carboxylic acids is 2. The third-order valence-electron chi connectivity index (χ3n) is 6.82. The quantitative estimate of drug-likeness (QED) is 0.640. The molecule has 2 unspecified atom stereocenters. The normalized spacial score (nSPS) is 21.3. The van der Waals surface area contributed by atoms with E-state index in [0.29, 0.717) is 32.6 Å². The molecule has 1 aromatic heterocycles. The van der Waals surface area contributed by atoms with Crippen LogP contribution in [0.15, 0.2) is 35.7 Å². The lowest BCUT2D eigenvalue weighted by Crippen LogP contribution is -2.57. The summed E-state index contributed by atoms with van der Waals surface area (Å²) in [5.41, 5.74) is 2.45. The summed E-state index contributed by atoms with van der Waals surface area (Å²) in [7, 11) is 1.68. The van der Waals surface area contributed by atoms with Crippen LogP contribution in [0.3, 0.4) is 0 Å². The van der Waals surface area contributed by atoms with Crippen LogP contribution in [0.2, 0.25) is 0 Å². The predicted molar refractivity (Wildman–Crippen MR) is 136 cm³/mol. The first-order valence-electron chi connectivity index (χ1n) is 12.2. The summed E-state index contributed by atoms with van der Waals surface area (Å²) < 4.78 is 5.34. The molecule has 3 heterocycles. The molecule has 6 nitrogen and oxygen atoms in total. The van der Waals surface area contributed by atoms with E-state index in [9.17, 15) is 9.59 Å². The summed E-state index contributed by atoms with van der Waals surface area (Å²) in [6, 6.07) is 10.5. The van der Waals surface area contributed by atoms with Gasteiger partial charge in [-0.2, -0.15) is 0 Å². The van der Waals surface area contributed by atoms with Crippen molar-refractivity contribution >= 4 is 23.2 Å². The lowest BCUT2D eigenvalue weighted by molar-refractivity contribution is -0.144. The molecular formula is C27H37N3O3S. The maximum Gasteiger partial charge on any atom is 0.236 e. The Hall–Kier alpha value is -2.38. The Morgan fingerprint density at radius 3 is 2.44 bits per heavy atom. The summed E-state index contributed by atoms with van der Waals surface area (Å²) >= 11 is 1.80. The summed E-state index contributed by atoms with van der Waals surface area (Å²) in [4.78, 5) is 33.8. The molecule has 2 aromatic rings. The fraction of sp³-hybridized carbons (Fsp3) is 0.556. The van der Waals surface area contributed by atoms with Gasteiger partial charge in [-0.15, -0.1) is 11.3 Å². The van der Waals surface area contributed by atoms with Gasteiger partial charge in [-0.05, 0) is 53.5 Å². The van der Waals surface area contributed by atoms with Crippen LogP contribution >= 0.6 is 11.3 Å². The first-order valence-corrected chi connectivity index (χ1v) is 13.1. The van der Waals surface area contributed by atoms with Crippen molar-refractivity contribution in [3.05, 3.63) is 51.7 Å². The van der Waals surface area contributed by atoms with Crippen molar-refractivity contribution in [2.24, 2.45) is 5.41 Å². The summed E-state index contributed by atoms with van der Waals surface area (Å²) in [6.07, 6.45) is 1.50. The molecule has 0 N–H and O–H groups in total. The van der Waals surface area contributed by atoms with Crippen LogP contribution in [-0.4, -0.2) is 72.4 Å². The van der Waals surface area contributed by atoms with Crippen molar-refractivity contribution in [3.8, 4) is 5.75 Å². The number of carbonyl (C=O) groups is 2. The molecule has 2 aliphatic rings. The minimum absolute atomic E-state index is 0.0327. The molecule has 0 aliphatic carbocycles. The van der Waals surface area contributed by atoms with Gasteiger partial charge in [0.25, 0.3) is 0 Å². The van der Waals surface area contributed by atoms with Crippen molar-refractivity contribution in [2.45, 2.75) is 52.6 Å². The Morgan fingerprint density at radius 2 is 1.79 bits per heavy atom. The molecule has 184 valence electrons.